The summed E-state index contributed by atoms with van der Waals surface area (Å²) >= 11 is 0. The molecule has 2 aliphatic heterocycles. The van der Waals surface area contributed by atoms with Crippen LogP contribution in [0.25, 0.3) is 11.2 Å². The number of nitrogen functional groups attached to an aromatic ring is 1. The molecule has 44 heavy (non-hydrogen) atoms. The third kappa shape index (κ3) is 9.78. The van der Waals surface area contributed by atoms with Crippen molar-refractivity contribution in [3.63, 3.8) is 0 Å². The first-order valence-electron chi connectivity index (χ1n) is 16.1. The number of anilines is 1. The van der Waals surface area contributed by atoms with Crippen molar-refractivity contribution in [3.05, 3.63) is 12.7 Å². The van der Waals surface area contributed by atoms with E-state index < -0.39 is 30.4 Å². The van der Waals surface area contributed by atoms with Gasteiger partial charge in [-0.1, -0.05) is 38.5 Å². The molecule has 0 bridgehead atoms. The van der Waals surface area contributed by atoms with Crippen molar-refractivity contribution in [2.24, 2.45) is 0 Å². The number of imidazole rings is 1. The Morgan fingerprint density at radius 3 is 2.16 bits per heavy atom. The molecule has 4 heterocycles. The number of unbranched alkanes of at least 4 members (excludes halogenated alkanes) is 7. The van der Waals surface area contributed by atoms with Gasteiger partial charge >= 0.3 is 0 Å². The topological polar surface area (TPSA) is 205 Å². The summed E-state index contributed by atoms with van der Waals surface area (Å²) in [5.74, 6) is -0.0293. The fourth-order valence-electron chi connectivity index (χ4n) is 5.61. The number of fused-ring (bicyclic) bond motifs is 1. The van der Waals surface area contributed by atoms with E-state index in [0.29, 0.717) is 24.1 Å². The van der Waals surface area contributed by atoms with Crippen molar-refractivity contribution < 1.29 is 24.5 Å². The summed E-state index contributed by atoms with van der Waals surface area (Å²) in [6, 6.07) is 0. The highest BCUT2D eigenvalue weighted by atomic mass is 16.6. The second kappa shape index (κ2) is 18.1. The Morgan fingerprint density at radius 2 is 1.48 bits per heavy atom. The van der Waals surface area contributed by atoms with Crippen LogP contribution in [0.3, 0.4) is 0 Å². The molecule has 0 aliphatic carbocycles. The minimum Gasteiger partial charge on any atom is -0.387 e. The molecule has 2 aromatic heterocycles. The summed E-state index contributed by atoms with van der Waals surface area (Å²) < 4.78 is 7.18. The van der Waals surface area contributed by atoms with Crippen LogP contribution >= 0.6 is 0 Å². The molecule has 0 saturated carbocycles. The van der Waals surface area contributed by atoms with Crippen molar-refractivity contribution in [1.29, 1.82) is 0 Å². The number of hydrogen-bond acceptors (Lipinski definition) is 12. The molecule has 0 radical (unpaired) electrons. The fraction of sp³-hybridized carbons (Fsp3) is 0.759. The highest BCUT2D eigenvalue weighted by Gasteiger charge is 2.47. The number of amides is 2. The van der Waals surface area contributed by atoms with Gasteiger partial charge in [-0.3, -0.25) is 14.2 Å². The lowest BCUT2D eigenvalue weighted by Crippen LogP contribution is -2.44. The quantitative estimate of drug-likeness (QED) is 0.139. The van der Waals surface area contributed by atoms with Gasteiger partial charge < -0.3 is 46.9 Å². The number of ether oxygens (including phenoxy) is 1. The van der Waals surface area contributed by atoms with E-state index in [4.69, 9.17) is 10.5 Å². The molecule has 4 unspecified atom stereocenters. The Hall–Kier alpha value is -2.95. The van der Waals surface area contributed by atoms with Crippen molar-refractivity contribution in [3.8, 4) is 0 Å². The fourth-order valence-corrected chi connectivity index (χ4v) is 5.61. The average Bonchev–Trinajstić information content (AvgIpc) is 3.57. The summed E-state index contributed by atoms with van der Waals surface area (Å²) in [6.07, 6.45) is 6.51. The smallest absolute Gasteiger partial charge is 0.252 e. The van der Waals surface area contributed by atoms with Gasteiger partial charge in [-0.15, -0.1) is 0 Å². The molecule has 15 nitrogen and oxygen atoms in total. The summed E-state index contributed by atoms with van der Waals surface area (Å²) in [6.45, 7) is 7.35. The number of carbonyl (C=O) groups is 2. The first-order valence-corrected chi connectivity index (χ1v) is 16.1. The third-order valence-electron chi connectivity index (χ3n) is 8.20. The van der Waals surface area contributed by atoms with E-state index in [9.17, 15) is 19.8 Å². The van der Waals surface area contributed by atoms with E-state index >= 15 is 0 Å². The van der Waals surface area contributed by atoms with Gasteiger partial charge in [0.2, 0.25) is 5.91 Å². The second-order valence-corrected chi connectivity index (χ2v) is 11.5. The van der Waals surface area contributed by atoms with E-state index in [-0.39, 0.29) is 11.7 Å². The van der Waals surface area contributed by atoms with Gasteiger partial charge in [-0.2, -0.15) is 0 Å². The number of nitrogens with zero attached hydrogens (tertiary/aromatic N) is 5. The predicted molar refractivity (Wildman–Crippen MR) is 165 cm³/mol. The summed E-state index contributed by atoms with van der Waals surface area (Å²) in [5, 5.41) is 34.0. The maximum absolute atomic E-state index is 12.7. The van der Waals surface area contributed by atoms with E-state index in [1.807, 2.05) is 4.90 Å². The van der Waals surface area contributed by atoms with Crippen LogP contribution in [-0.4, -0.2) is 124 Å². The number of rotatable bonds is 13. The molecule has 246 valence electrons. The number of aliphatic hydroxyl groups excluding tert-OH is 2. The minimum atomic E-state index is -1.39. The maximum Gasteiger partial charge on any atom is 0.252 e. The number of hydrogen-bond donors (Lipinski definition) is 7. The largest absolute Gasteiger partial charge is 0.387 e. The number of carbonyl (C=O) groups excluding carboxylic acids is 2. The van der Waals surface area contributed by atoms with Crippen LogP contribution < -0.4 is 27.0 Å². The lowest BCUT2D eigenvalue weighted by atomic mass is 10.1. The van der Waals surface area contributed by atoms with Crippen LogP contribution in [0.1, 0.15) is 64.0 Å². The van der Waals surface area contributed by atoms with E-state index in [1.165, 1.54) is 17.2 Å². The van der Waals surface area contributed by atoms with Gasteiger partial charge in [0, 0.05) is 65.3 Å². The Balaban J connectivity index is 1.03. The number of nitrogens with one attached hydrogen (secondary N) is 4. The molecular weight excluding hydrogens is 568 g/mol. The molecule has 4 atom stereocenters. The molecule has 2 amide bonds. The van der Waals surface area contributed by atoms with Gasteiger partial charge in [0.15, 0.2) is 23.8 Å². The number of nitrogens with two attached hydrogens (primary N) is 1. The molecule has 0 aromatic carbocycles. The Kier molecular flexibility index (Phi) is 14.0. The van der Waals surface area contributed by atoms with E-state index in [0.717, 1.165) is 104 Å². The molecule has 2 fully saturated rings. The van der Waals surface area contributed by atoms with E-state index in [2.05, 4.69) is 36.2 Å². The predicted octanol–water partition coefficient (Wildman–Crippen LogP) is -0.734. The van der Waals surface area contributed by atoms with Crippen molar-refractivity contribution in [1.82, 2.24) is 45.7 Å². The minimum absolute atomic E-state index is 0.187. The molecule has 2 saturated heterocycles. The molecular formula is C29H50N10O5. The zero-order chi connectivity index (χ0) is 31.1. The standard InChI is InChI=1S/C29H50N10O5/c30-26-22-27(36-19-35-26)39(20-37-22)29-24(42)23(41)25(44-29)28(43)34-10-8-6-4-2-1-3-5-7-9-21(40)38-17-15-32-13-11-31-12-14-33-16-18-38/h19-20,23-25,29,31-33,41-42H,1-18H2,(H,34,43)(H2,30,35,36). The first kappa shape index (κ1) is 33.9. The normalized spacial score (nSPS) is 23.7. The molecule has 0 spiro atoms. The highest BCUT2D eigenvalue weighted by molar-refractivity contribution is 5.82. The van der Waals surface area contributed by atoms with Crippen LogP contribution in [0.15, 0.2) is 12.7 Å². The van der Waals surface area contributed by atoms with Crippen LogP contribution in [-0.2, 0) is 14.3 Å². The zero-order valence-corrected chi connectivity index (χ0v) is 25.6. The Morgan fingerprint density at radius 1 is 0.864 bits per heavy atom. The highest BCUT2D eigenvalue weighted by Crippen LogP contribution is 2.32. The van der Waals surface area contributed by atoms with E-state index in [1.54, 1.807) is 0 Å². The SMILES string of the molecule is Nc1ncnc2c1ncn2C1OC(C(=O)NCCCCCCCCCCC(=O)N2CCNCCNCCNCC2)C(O)C1O. The lowest BCUT2D eigenvalue weighted by Gasteiger charge is -2.24. The van der Waals surface area contributed by atoms with Crippen LogP contribution in [0.2, 0.25) is 0 Å². The van der Waals surface area contributed by atoms with Crippen molar-refractivity contribution in [2.75, 3.05) is 64.6 Å². The molecule has 15 heteroatoms. The van der Waals surface area contributed by atoms with Gasteiger partial charge in [-0.05, 0) is 12.8 Å². The molecule has 2 aliphatic rings. The van der Waals surface area contributed by atoms with Gasteiger partial charge in [0.1, 0.15) is 24.1 Å². The van der Waals surface area contributed by atoms with Crippen molar-refractivity contribution in [2.45, 2.75) is 82.3 Å². The monoisotopic (exact) mass is 618 g/mol. The first-order chi connectivity index (χ1) is 21.5. The van der Waals surface area contributed by atoms with Crippen LogP contribution in [0, 0.1) is 0 Å². The number of aliphatic hydroxyl groups is 2. The molecule has 8 N–H and O–H groups in total. The van der Waals surface area contributed by atoms with Crippen molar-refractivity contribution >= 4 is 28.8 Å². The molecule has 2 aromatic rings. The van der Waals surface area contributed by atoms with Gasteiger partial charge in [0.25, 0.3) is 5.91 Å². The molecule has 4 rings (SSSR count). The summed E-state index contributed by atoms with van der Waals surface area (Å²) in [5.41, 5.74) is 6.52. The average molecular weight is 619 g/mol. The third-order valence-corrected chi connectivity index (χ3v) is 8.20. The van der Waals surface area contributed by atoms with Gasteiger partial charge in [-0.25, -0.2) is 15.0 Å². The second-order valence-electron chi connectivity index (χ2n) is 11.5. The number of aromatic nitrogens is 4. The Labute approximate surface area is 258 Å². The van der Waals surface area contributed by atoms with Crippen LogP contribution in [0.5, 0.6) is 0 Å². The maximum atomic E-state index is 12.7. The van der Waals surface area contributed by atoms with Crippen LogP contribution in [0.4, 0.5) is 5.82 Å². The lowest BCUT2D eigenvalue weighted by molar-refractivity contribution is -0.137. The van der Waals surface area contributed by atoms with Gasteiger partial charge in [0.05, 0.1) is 6.33 Å². The summed E-state index contributed by atoms with van der Waals surface area (Å²) in [7, 11) is 0. The summed E-state index contributed by atoms with van der Waals surface area (Å²) in [4.78, 5) is 39.6. The Bertz CT molecular complexity index is 1150. The zero-order valence-electron chi connectivity index (χ0n) is 25.6.